The Kier molecular flexibility index (Phi) is 3.01. The van der Waals surface area contributed by atoms with Crippen LogP contribution in [0.25, 0.3) is 0 Å². The van der Waals surface area contributed by atoms with Crippen LogP contribution < -0.4 is 5.32 Å². The van der Waals surface area contributed by atoms with Crippen LogP contribution in [0.1, 0.15) is 15.9 Å². The second-order valence-electron chi connectivity index (χ2n) is 4.13. The molecule has 1 aromatic carbocycles. The van der Waals surface area contributed by atoms with Gasteiger partial charge < -0.3 is 10.0 Å². The van der Waals surface area contributed by atoms with Crippen molar-refractivity contribution in [2.24, 2.45) is 0 Å². The van der Waals surface area contributed by atoms with Crippen LogP contribution in [0, 0.1) is 6.92 Å². The molecule has 2 rings (SSSR count). The van der Waals surface area contributed by atoms with Crippen LogP contribution in [-0.2, 0) is 9.59 Å². The summed E-state index contributed by atoms with van der Waals surface area (Å²) in [5, 5.41) is 11.5. The number of nitrogens with zero attached hydrogens (tertiary/aromatic N) is 1. The van der Waals surface area contributed by atoms with Gasteiger partial charge in [-0.2, -0.15) is 0 Å². The Bertz CT molecular complexity index is 523. The highest BCUT2D eigenvalue weighted by atomic mass is 16.3. The molecule has 0 radical (unpaired) electrons. The number of amides is 3. The van der Waals surface area contributed by atoms with Gasteiger partial charge in [0.1, 0.15) is 18.8 Å². The molecular formula is C12H12N2O4. The first-order valence-electron chi connectivity index (χ1n) is 5.39. The van der Waals surface area contributed by atoms with Gasteiger partial charge in [0.15, 0.2) is 0 Å². The molecule has 1 aliphatic heterocycles. The Balaban J connectivity index is 2.22. The van der Waals surface area contributed by atoms with Gasteiger partial charge >= 0.3 is 0 Å². The zero-order chi connectivity index (χ0) is 13.3. The fourth-order valence-corrected chi connectivity index (χ4v) is 1.75. The van der Waals surface area contributed by atoms with Gasteiger partial charge in [0.05, 0.1) is 0 Å². The molecule has 2 N–H and O–H groups in total. The molecule has 1 aliphatic rings. The van der Waals surface area contributed by atoms with Gasteiger partial charge in [0.25, 0.3) is 5.91 Å². The molecule has 3 amide bonds. The number of benzene rings is 1. The second kappa shape index (κ2) is 4.48. The van der Waals surface area contributed by atoms with E-state index in [9.17, 15) is 19.5 Å². The van der Waals surface area contributed by atoms with E-state index in [0.29, 0.717) is 11.1 Å². The van der Waals surface area contributed by atoms with E-state index in [1.54, 1.807) is 6.92 Å². The van der Waals surface area contributed by atoms with E-state index in [1.807, 2.05) is 0 Å². The first-order valence-corrected chi connectivity index (χ1v) is 5.39. The number of piperazine rings is 1. The standard InChI is InChI=1S/C12H12N2O4/c1-7-4-8(2-3-9(7)15)12(18)14-5-10(16)13-11(17)6-14/h2-4,15H,5-6H2,1H3,(H,13,16,17). The lowest BCUT2D eigenvalue weighted by Gasteiger charge is -2.25. The Labute approximate surface area is 103 Å². The van der Waals surface area contributed by atoms with E-state index in [1.165, 1.54) is 23.1 Å². The van der Waals surface area contributed by atoms with Gasteiger partial charge in [-0.05, 0) is 30.7 Å². The summed E-state index contributed by atoms with van der Waals surface area (Å²) in [7, 11) is 0. The molecule has 0 aromatic heterocycles. The molecular weight excluding hydrogens is 236 g/mol. The summed E-state index contributed by atoms with van der Waals surface area (Å²) < 4.78 is 0. The maximum Gasteiger partial charge on any atom is 0.254 e. The van der Waals surface area contributed by atoms with Crippen molar-refractivity contribution in [2.45, 2.75) is 6.92 Å². The van der Waals surface area contributed by atoms with Crippen LogP contribution in [0.5, 0.6) is 5.75 Å². The van der Waals surface area contributed by atoms with Crippen molar-refractivity contribution in [3.05, 3.63) is 29.3 Å². The van der Waals surface area contributed by atoms with E-state index in [-0.39, 0.29) is 18.8 Å². The number of aromatic hydroxyl groups is 1. The zero-order valence-electron chi connectivity index (χ0n) is 9.77. The van der Waals surface area contributed by atoms with E-state index < -0.39 is 17.7 Å². The summed E-state index contributed by atoms with van der Waals surface area (Å²) >= 11 is 0. The van der Waals surface area contributed by atoms with Gasteiger partial charge in [0.2, 0.25) is 11.8 Å². The Hall–Kier alpha value is -2.37. The minimum absolute atomic E-state index is 0.0963. The van der Waals surface area contributed by atoms with E-state index in [2.05, 4.69) is 5.32 Å². The van der Waals surface area contributed by atoms with Crippen molar-refractivity contribution in [1.82, 2.24) is 10.2 Å². The van der Waals surface area contributed by atoms with Crippen LogP contribution in [-0.4, -0.2) is 40.8 Å². The number of phenolic OH excluding ortho intramolecular Hbond substituents is 1. The predicted octanol–water partition coefficient (Wildman–Crippen LogP) is -0.201. The highest BCUT2D eigenvalue weighted by Gasteiger charge is 2.27. The van der Waals surface area contributed by atoms with Crippen LogP contribution in [0.2, 0.25) is 0 Å². The third-order valence-corrected chi connectivity index (χ3v) is 2.68. The quantitative estimate of drug-likeness (QED) is 0.674. The SMILES string of the molecule is Cc1cc(C(=O)N2CC(=O)NC(=O)C2)ccc1O. The third-order valence-electron chi connectivity index (χ3n) is 2.68. The molecule has 6 nitrogen and oxygen atoms in total. The fraction of sp³-hybridized carbons (Fsp3) is 0.250. The molecule has 0 aliphatic carbocycles. The molecule has 0 spiro atoms. The molecule has 0 unspecified atom stereocenters. The van der Waals surface area contributed by atoms with E-state index in [0.717, 1.165) is 0 Å². The fourth-order valence-electron chi connectivity index (χ4n) is 1.75. The van der Waals surface area contributed by atoms with Gasteiger partial charge in [-0.1, -0.05) is 0 Å². The second-order valence-corrected chi connectivity index (χ2v) is 4.13. The number of rotatable bonds is 1. The van der Waals surface area contributed by atoms with Gasteiger partial charge in [0, 0.05) is 5.56 Å². The lowest BCUT2D eigenvalue weighted by molar-refractivity contribution is -0.135. The number of nitrogens with one attached hydrogen (secondary N) is 1. The summed E-state index contributed by atoms with van der Waals surface area (Å²) in [6.45, 7) is 1.40. The number of carbonyl (C=O) groups is 3. The first-order chi connectivity index (χ1) is 8.47. The molecule has 6 heteroatoms. The molecule has 1 fully saturated rings. The van der Waals surface area contributed by atoms with E-state index in [4.69, 9.17) is 0 Å². The molecule has 0 atom stereocenters. The van der Waals surface area contributed by atoms with Crippen LogP contribution in [0.4, 0.5) is 0 Å². The number of hydrogen-bond acceptors (Lipinski definition) is 4. The molecule has 0 saturated carbocycles. The molecule has 1 saturated heterocycles. The summed E-state index contributed by atoms with van der Waals surface area (Å²) in [6, 6.07) is 4.39. The maximum absolute atomic E-state index is 12.1. The Morgan fingerprint density at radius 2 is 1.89 bits per heavy atom. The highest BCUT2D eigenvalue weighted by Crippen LogP contribution is 2.18. The normalized spacial score (nSPS) is 15.5. The Morgan fingerprint density at radius 3 is 2.44 bits per heavy atom. The van der Waals surface area contributed by atoms with Gasteiger partial charge in [-0.25, -0.2) is 0 Å². The first kappa shape index (κ1) is 12.1. The number of carbonyl (C=O) groups excluding carboxylic acids is 3. The average molecular weight is 248 g/mol. The summed E-state index contributed by atoms with van der Waals surface area (Å²) in [5.74, 6) is -1.29. The molecule has 94 valence electrons. The van der Waals surface area contributed by atoms with Crippen molar-refractivity contribution in [3.63, 3.8) is 0 Å². The van der Waals surface area contributed by atoms with Crippen LogP contribution in [0.3, 0.4) is 0 Å². The van der Waals surface area contributed by atoms with Crippen molar-refractivity contribution < 1.29 is 19.5 Å². The minimum Gasteiger partial charge on any atom is -0.508 e. The lowest BCUT2D eigenvalue weighted by Crippen LogP contribution is -2.53. The summed E-state index contributed by atoms with van der Waals surface area (Å²) in [6.07, 6.45) is 0. The van der Waals surface area contributed by atoms with Gasteiger partial charge in [-0.15, -0.1) is 0 Å². The van der Waals surface area contributed by atoms with Crippen molar-refractivity contribution in [1.29, 1.82) is 0 Å². The summed E-state index contributed by atoms with van der Waals surface area (Å²) in [4.78, 5) is 35.6. The molecule has 0 bridgehead atoms. The van der Waals surface area contributed by atoms with Crippen molar-refractivity contribution >= 4 is 17.7 Å². The third kappa shape index (κ3) is 2.32. The van der Waals surface area contributed by atoms with Crippen LogP contribution >= 0.6 is 0 Å². The predicted molar refractivity (Wildman–Crippen MR) is 61.9 cm³/mol. The molecule has 18 heavy (non-hydrogen) atoms. The number of hydrogen-bond donors (Lipinski definition) is 2. The van der Waals surface area contributed by atoms with Crippen LogP contribution in [0.15, 0.2) is 18.2 Å². The number of phenols is 1. The molecule has 1 heterocycles. The summed E-state index contributed by atoms with van der Waals surface area (Å²) in [5.41, 5.74) is 0.904. The van der Waals surface area contributed by atoms with E-state index >= 15 is 0 Å². The minimum atomic E-state index is -0.491. The van der Waals surface area contributed by atoms with Crippen molar-refractivity contribution in [2.75, 3.05) is 13.1 Å². The topological polar surface area (TPSA) is 86.7 Å². The maximum atomic E-state index is 12.1. The lowest BCUT2D eigenvalue weighted by atomic mass is 10.1. The Morgan fingerprint density at radius 1 is 1.28 bits per heavy atom. The molecule has 1 aromatic rings. The van der Waals surface area contributed by atoms with Crippen molar-refractivity contribution in [3.8, 4) is 5.75 Å². The largest absolute Gasteiger partial charge is 0.508 e. The smallest absolute Gasteiger partial charge is 0.254 e. The van der Waals surface area contributed by atoms with Gasteiger partial charge in [-0.3, -0.25) is 19.7 Å². The number of imide groups is 1. The zero-order valence-corrected chi connectivity index (χ0v) is 9.77. The highest BCUT2D eigenvalue weighted by molar-refractivity contribution is 6.05. The monoisotopic (exact) mass is 248 g/mol. The average Bonchev–Trinajstić information content (AvgIpc) is 2.30. The number of aryl methyl sites for hydroxylation is 1.